The van der Waals surface area contributed by atoms with Crippen molar-refractivity contribution in [1.82, 2.24) is 9.80 Å². The molecule has 0 bridgehead atoms. The van der Waals surface area contributed by atoms with Gasteiger partial charge in [-0.1, -0.05) is 13.0 Å². The maximum Gasteiger partial charge on any atom is 0.295 e. The molecule has 1 N–H and O–H groups in total. The van der Waals surface area contributed by atoms with Gasteiger partial charge >= 0.3 is 0 Å². The summed E-state index contributed by atoms with van der Waals surface area (Å²) in [5.41, 5.74) is 1.14. The van der Waals surface area contributed by atoms with E-state index in [0.29, 0.717) is 61.2 Å². The fourth-order valence-electron chi connectivity index (χ4n) is 4.85. The molecule has 9 nitrogen and oxygen atoms in total. The molecule has 1 amide bonds. The maximum absolute atomic E-state index is 13.3. The molecular formula is C29H36N2O7. The Morgan fingerprint density at radius 2 is 1.71 bits per heavy atom. The Morgan fingerprint density at radius 1 is 1.00 bits per heavy atom. The van der Waals surface area contributed by atoms with Crippen molar-refractivity contribution in [3.63, 3.8) is 0 Å². The van der Waals surface area contributed by atoms with Crippen LogP contribution in [-0.2, 0) is 14.3 Å². The quantitative estimate of drug-likeness (QED) is 0.270. The molecule has 0 radical (unpaired) electrons. The van der Waals surface area contributed by atoms with Gasteiger partial charge in [-0.25, -0.2) is 0 Å². The van der Waals surface area contributed by atoms with Crippen molar-refractivity contribution >= 4 is 17.4 Å². The molecule has 9 heteroatoms. The minimum Gasteiger partial charge on any atom is -0.507 e. The van der Waals surface area contributed by atoms with Crippen LogP contribution >= 0.6 is 0 Å². The summed E-state index contributed by atoms with van der Waals surface area (Å²) in [6.45, 7) is 6.82. The summed E-state index contributed by atoms with van der Waals surface area (Å²) in [5, 5.41) is 11.3. The summed E-state index contributed by atoms with van der Waals surface area (Å²) < 4.78 is 21.9. The van der Waals surface area contributed by atoms with E-state index < -0.39 is 17.7 Å². The molecule has 0 unspecified atom stereocenters. The highest BCUT2D eigenvalue weighted by atomic mass is 16.5. The lowest BCUT2D eigenvalue weighted by atomic mass is 9.95. The van der Waals surface area contributed by atoms with Gasteiger partial charge in [-0.05, 0) is 54.8 Å². The van der Waals surface area contributed by atoms with Crippen molar-refractivity contribution < 1.29 is 33.6 Å². The molecule has 2 aliphatic rings. The molecule has 0 aromatic heterocycles. The van der Waals surface area contributed by atoms with Crippen LogP contribution in [0.2, 0.25) is 0 Å². The third-order valence-electron chi connectivity index (χ3n) is 6.84. The lowest BCUT2D eigenvalue weighted by Gasteiger charge is -2.29. The third kappa shape index (κ3) is 5.95. The lowest BCUT2D eigenvalue weighted by molar-refractivity contribution is -0.140. The van der Waals surface area contributed by atoms with E-state index in [1.165, 1.54) is 7.11 Å². The largest absolute Gasteiger partial charge is 0.507 e. The summed E-state index contributed by atoms with van der Waals surface area (Å²) in [4.78, 5) is 30.5. The SMILES string of the molecule is CCCOc1ccc(/C(O)=C2\C(=O)C(=O)N(CCCN3CCOCC3)[C@@H]2c2ccc(OC)c(OC)c2)cc1. The monoisotopic (exact) mass is 524 g/mol. The van der Waals surface area contributed by atoms with E-state index >= 15 is 0 Å². The minimum atomic E-state index is -0.768. The Hall–Kier alpha value is -3.56. The van der Waals surface area contributed by atoms with Gasteiger partial charge in [0.25, 0.3) is 11.7 Å². The van der Waals surface area contributed by atoms with Gasteiger partial charge in [0.1, 0.15) is 11.5 Å². The van der Waals surface area contributed by atoms with Crippen molar-refractivity contribution in [1.29, 1.82) is 0 Å². The van der Waals surface area contributed by atoms with Gasteiger partial charge in [0, 0.05) is 31.7 Å². The average molecular weight is 525 g/mol. The van der Waals surface area contributed by atoms with Gasteiger partial charge in [-0.2, -0.15) is 0 Å². The number of likely N-dealkylation sites (tertiary alicyclic amines) is 1. The molecular weight excluding hydrogens is 488 g/mol. The van der Waals surface area contributed by atoms with E-state index in [9.17, 15) is 14.7 Å². The molecule has 2 heterocycles. The highest BCUT2D eigenvalue weighted by Crippen LogP contribution is 2.42. The van der Waals surface area contributed by atoms with Crippen LogP contribution in [0, 0.1) is 0 Å². The van der Waals surface area contributed by atoms with Crippen LogP contribution in [0.5, 0.6) is 17.2 Å². The third-order valence-corrected chi connectivity index (χ3v) is 6.84. The van der Waals surface area contributed by atoms with E-state index in [1.54, 1.807) is 54.5 Å². The molecule has 1 atom stereocenters. The average Bonchev–Trinajstić information content (AvgIpc) is 3.21. The van der Waals surface area contributed by atoms with Crippen LogP contribution in [0.1, 0.15) is 36.9 Å². The molecule has 4 rings (SSSR count). The van der Waals surface area contributed by atoms with Crippen LogP contribution in [0.25, 0.3) is 5.76 Å². The number of morpholine rings is 1. The van der Waals surface area contributed by atoms with Crippen LogP contribution in [-0.4, -0.2) is 86.8 Å². The summed E-state index contributed by atoms with van der Waals surface area (Å²) in [6, 6.07) is 11.4. The Balaban J connectivity index is 1.69. The number of benzene rings is 2. The first-order valence-electron chi connectivity index (χ1n) is 13.0. The van der Waals surface area contributed by atoms with Crippen LogP contribution < -0.4 is 14.2 Å². The van der Waals surface area contributed by atoms with Gasteiger partial charge in [-0.3, -0.25) is 14.5 Å². The number of rotatable bonds is 11. The number of Topliss-reactive ketones (excluding diaryl/α,β-unsaturated/α-hetero) is 1. The molecule has 38 heavy (non-hydrogen) atoms. The molecule has 2 fully saturated rings. The van der Waals surface area contributed by atoms with Crippen molar-refractivity contribution in [2.45, 2.75) is 25.8 Å². The maximum atomic E-state index is 13.3. The molecule has 0 aliphatic carbocycles. The Kier molecular flexibility index (Phi) is 9.25. The lowest BCUT2D eigenvalue weighted by Crippen LogP contribution is -2.38. The van der Waals surface area contributed by atoms with Crippen LogP contribution in [0.15, 0.2) is 48.0 Å². The van der Waals surface area contributed by atoms with Gasteiger partial charge in [-0.15, -0.1) is 0 Å². The van der Waals surface area contributed by atoms with Crippen LogP contribution in [0.4, 0.5) is 0 Å². The van der Waals surface area contributed by atoms with Gasteiger partial charge in [0.2, 0.25) is 0 Å². The number of hydrogen-bond acceptors (Lipinski definition) is 8. The zero-order valence-electron chi connectivity index (χ0n) is 22.3. The number of nitrogens with zero attached hydrogens (tertiary/aromatic N) is 2. The predicted octanol–water partition coefficient (Wildman–Crippen LogP) is 3.64. The molecule has 0 saturated carbocycles. The number of hydrogen-bond donors (Lipinski definition) is 1. The highest BCUT2D eigenvalue weighted by Gasteiger charge is 2.46. The number of ether oxygens (including phenoxy) is 4. The second kappa shape index (κ2) is 12.8. The summed E-state index contributed by atoms with van der Waals surface area (Å²) in [6.07, 6.45) is 1.56. The van der Waals surface area contributed by atoms with Crippen molar-refractivity contribution in [3.05, 3.63) is 59.2 Å². The summed E-state index contributed by atoms with van der Waals surface area (Å²) >= 11 is 0. The van der Waals surface area contributed by atoms with Gasteiger partial charge in [0.05, 0.1) is 45.7 Å². The number of aliphatic hydroxyl groups is 1. The second-order valence-electron chi connectivity index (χ2n) is 9.29. The van der Waals surface area contributed by atoms with Crippen molar-refractivity contribution in [3.8, 4) is 17.2 Å². The van der Waals surface area contributed by atoms with Crippen molar-refractivity contribution in [2.75, 3.05) is 60.2 Å². The van der Waals surface area contributed by atoms with Crippen LogP contribution in [0.3, 0.4) is 0 Å². The first-order valence-corrected chi connectivity index (χ1v) is 13.0. The number of ketones is 1. The summed E-state index contributed by atoms with van der Waals surface area (Å²) in [7, 11) is 3.08. The number of amides is 1. The molecule has 2 aromatic carbocycles. The van der Waals surface area contributed by atoms with Crippen molar-refractivity contribution in [2.24, 2.45) is 0 Å². The number of carbonyl (C=O) groups is 2. The first-order chi connectivity index (χ1) is 18.5. The zero-order valence-corrected chi connectivity index (χ0v) is 22.3. The van der Waals surface area contributed by atoms with E-state index in [-0.39, 0.29) is 11.3 Å². The Morgan fingerprint density at radius 3 is 2.37 bits per heavy atom. The highest BCUT2D eigenvalue weighted by molar-refractivity contribution is 6.46. The Bertz CT molecular complexity index is 1160. The van der Waals surface area contributed by atoms with Gasteiger partial charge in [0.15, 0.2) is 11.5 Å². The zero-order chi connectivity index (χ0) is 27.1. The topological polar surface area (TPSA) is 97.8 Å². The fourth-order valence-corrected chi connectivity index (χ4v) is 4.85. The molecule has 2 aliphatic heterocycles. The summed E-state index contributed by atoms with van der Waals surface area (Å²) in [5.74, 6) is 0.116. The minimum absolute atomic E-state index is 0.0517. The molecule has 2 aromatic rings. The van der Waals surface area contributed by atoms with E-state index in [1.807, 2.05) is 6.92 Å². The molecule has 0 spiro atoms. The number of aliphatic hydroxyl groups excluding tert-OH is 1. The second-order valence-corrected chi connectivity index (χ2v) is 9.29. The van der Waals surface area contributed by atoms with E-state index in [0.717, 1.165) is 26.1 Å². The normalized spacial score (nSPS) is 19.6. The number of methoxy groups -OCH3 is 2. The standard InChI is InChI=1S/C29H36N2O7/c1-4-16-38-22-9-6-20(7-10-22)27(32)25-26(21-8-11-23(35-2)24(19-21)36-3)31(29(34)28(25)33)13-5-12-30-14-17-37-18-15-30/h6-11,19,26,32H,4-5,12-18H2,1-3H3/b27-25+/t26-/m1/s1. The molecule has 2 saturated heterocycles. The van der Waals surface area contributed by atoms with E-state index in [2.05, 4.69) is 4.90 Å². The number of carbonyl (C=O) groups excluding carboxylic acids is 2. The fraction of sp³-hybridized carbons (Fsp3) is 0.448. The predicted molar refractivity (Wildman–Crippen MR) is 143 cm³/mol. The smallest absolute Gasteiger partial charge is 0.295 e. The Labute approximate surface area is 223 Å². The molecule has 204 valence electrons. The first kappa shape index (κ1) is 27.5. The van der Waals surface area contributed by atoms with Gasteiger partial charge < -0.3 is 29.0 Å². The van der Waals surface area contributed by atoms with E-state index in [4.69, 9.17) is 18.9 Å².